The Labute approximate surface area is 531 Å². The SMILES string of the molecule is CC/C=C\C/C=C\C/C=C\C/C=C\C/C=C\CCCCCCCCCCCCCCCC(=O)OC(COC(=O)CCCCCCCCCCCCCCCCCCCCCC/C=C\C/C=C\C/C=C\C/C=C\CC)COP(=O)([O-])OCC[N+](C)(C)C. The second-order valence-corrected chi connectivity index (χ2v) is 26.2. The molecule has 0 aromatic heterocycles. The van der Waals surface area contributed by atoms with Gasteiger partial charge in [0.15, 0.2) is 6.10 Å². The Morgan fingerprint density at radius 1 is 0.360 bits per heavy atom. The van der Waals surface area contributed by atoms with Crippen molar-refractivity contribution in [3.63, 3.8) is 0 Å². The number of rotatable bonds is 65. The second kappa shape index (κ2) is 66.1. The predicted octanol–water partition coefficient (Wildman–Crippen LogP) is 22.6. The van der Waals surface area contributed by atoms with E-state index in [0.29, 0.717) is 17.4 Å². The number of unbranched alkanes of at least 4 members (excludes halogenated alkanes) is 33. The highest BCUT2D eigenvalue weighted by Gasteiger charge is 2.22. The number of phosphoric ester groups is 1. The highest BCUT2D eigenvalue weighted by atomic mass is 31.2. The smallest absolute Gasteiger partial charge is 0.306 e. The molecule has 2 unspecified atom stereocenters. The van der Waals surface area contributed by atoms with Crippen molar-refractivity contribution >= 4 is 19.8 Å². The van der Waals surface area contributed by atoms with E-state index in [4.69, 9.17) is 18.5 Å². The van der Waals surface area contributed by atoms with Crippen molar-refractivity contribution in [2.45, 2.75) is 315 Å². The normalized spacial score (nSPS) is 13.8. The summed E-state index contributed by atoms with van der Waals surface area (Å²) in [6.07, 6.45) is 93.1. The molecule has 0 aliphatic rings. The van der Waals surface area contributed by atoms with Gasteiger partial charge in [-0.15, -0.1) is 0 Å². The molecule has 0 saturated heterocycles. The van der Waals surface area contributed by atoms with Gasteiger partial charge in [-0.05, 0) is 96.3 Å². The van der Waals surface area contributed by atoms with Gasteiger partial charge in [-0.3, -0.25) is 14.2 Å². The summed E-state index contributed by atoms with van der Waals surface area (Å²) in [4.78, 5) is 38.1. The van der Waals surface area contributed by atoms with E-state index in [0.717, 1.165) is 96.3 Å². The van der Waals surface area contributed by atoms with E-state index in [2.05, 4.69) is 123 Å². The molecule has 0 radical (unpaired) electrons. The van der Waals surface area contributed by atoms with Crippen LogP contribution in [-0.4, -0.2) is 70.0 Å². The number of esters is 2. The minimum absolute atomic E-state index is 0.0334. The average molecular weight is 1220 g/mol. The molecule has 0 rings (SSSR count). The fourth-order valence-corrected chi connectivity index (χ4v) is 10.6. The Bertz CT molecular complexity index is 1820. The van der Waals surface area contributed by atoms with Gasteiger partial charge in [-0.25, -0.2) is 0 Å². The van der Waals surface area contributed by atoms with Gasteiger partial charge in [0.05, 0.1) is 27.7 Å². The van der Waals surface area contributed by atoms with E-state index in [-0.39, 0.29) is 32.0 Å². The fraction of sp³-hybridized carbons (Fsp3) is 0.737. The predicted molar refractivity (Wildman–Crippen MR) is 369 cm³/mol. The number of carbonyl (C=O) groups is 2. The van der Waals surface area contributed by atoms with Crippen LogP contribution < -0.4 is 4.89 Å². The van der Waals surface area contributed by atoms with Crippen molar-refractivity contribution in [2.24, 2.45) is 0 Å². The van der Waals surface area contributed by atoms with Crippen molar-refractivity contribution in [1.29, 1.82) is 0 Å². The summed E-state index contributed by atoms with van der Waals surface area (Å²) >= 11 is 0. The maximum Gasteiger partial charge on any atom is 0.306 e. The van der Waals surface area contributed by atoms with Gasteiger partial charge in [-0.1, -0.05) is 309 Å². The number of quaternary nitrogens is 1. The first-order valence-electron chi connectivity index (χ1n) is 35.6. The Morgan fingerprint density at radius 2 is 0.628 bits per heavy atom. The molecular weight excluding hydrogens is 1090 g/mol. The minimum atomic E-state index is -4.65. The van der Waals surface area contributed by atoms with Crippen LogP contribution >= 0.6 is 7.82 Å². The van der Waals surface area contributed by atoms with Crippen LogP contribution in [0.25, 0.3) is 0 Å². The first-order valence-corrected chi connectivity index (χ1v) is 37.1. The number of hydrogen-bond acceptors (Lipinski definition) is 8. The molecule has 0 aliphatic carbocycles. The van der Waals surface area contributed by atoms with Crippen LogP contribution in [0.5, 0.6) is 0 Å². The van der Waals surface area contributed by atoms with E-state index < -0.39 is 26.5 Å². The summed E-state index contributed by atoms with van der Waals surface area (Å²) in [5.41, 5.74) is 0. The van der Waals surface area contributed by atoms with Crippen molar-refractivity contribution in [1.82, 2.24) is 0 Å². The summed E-state index contributed by atoms with van der Waals surface area (Å²) in [5.74, 6) is -0.826. The van der Waals surface area contributed by atoms with Gasteiger partial charge in [-0.2, -0.15) is 0 Å². The molecular formula is C76H134NO8P. The maximum atomic E-state index is 12.9. The Kier molecular flexibility index (Phi) is 63.5. The third-order valence-electron chi connectivity index (χ3n) is 15.3. The molecule has 0 aromatic rings. The molecule has 0 bridgehead atoms. The van der Waals surface area contributed by atoms with Crippen molar-refractivity contribution < 1.29 is 42.1 Å². The van der Waals surface area contributed by atoms with Gasteiger partial charge >= 0.3 is 11.9 Å². The Hall–Kier alpha value is -3.33. The van der Waals surface area contributed by atoms with Gasteiger partial charge in [0.2, 0.25) is 0 Å². The highest BCUT2D eigenvalue weighted by Crippen LogP contribution is 2.38. The molecule has 0 N–H and O–H groups in total. The van der Waals surface area contributed by atoms with Crippen molar-refractivity contribution in [3.05, 3.63) is 109 Å². The Balaban J connectivity index is 4.02. The first-order chi connectivity index (χ1) is 42.0. The molecule has 0 aliphatic heterocycles. The second-order valence-electron chi connectivity index (χ2n) is 24.8. The summed E-state index contributed by atoms with van der Waals surface area (Å²) in [6.45, 7) is 4.04. The summed E-state index contributed by atoms with van der Waals surface area (Å²) in [5, 5.41) is 0. The van der Waals surface area contributed by atoms with E-state index in [1.807, 2.05) is 21.1 Å². The molecule has 10 heteroatoms. The van der Waals surface area contributed by atoms with Gasteiger partial charge in [0, 0.05) is 12.8 Å². The lowest BCUT2D eigenvalue weighted by atomic mass is 10.0. The van der Waals surface area contributed by atoms with Crippen LogP contribution in [0.4, 0.5) is 0 Å². The number of nitrogens with zero attached hydrogens (tertiary/aromatic N) is 1. The highest BCUT2D eigenvalue weighted by molar-refractivity contribution is 7.45. The third kappa shape index (κ3) is 69.8. The summed E-state index contributed by atoms with van der Waals surface area (Å²) in [6, 6.07) is 0. The lowest BCUT2D eigenvalue weighted by Crippen LogP contribution is -2.37. The average Bonchev–Trinajstić information content (AvgIpc) is 3.67. The molecule has 0 saturated carbocycles. The van der Waals surface area contributed by atoms with Crippen LogP contribution in [0.2, 0.25) is 0 Å². The topological polar surface area (TPSA) is 111 Å². The van der Waals surface area contributed by atoms with E-state index >= 15 is 0 Å². The lowest BCUT2D eigenvalue weighted by molar-refractivity contribution is -0.870. The van der Waals surface area contributed by atoms with Crippen LogP contribution in [-0.2, 0) is 32.7 Å². The number of hydrogen-bond donors (Lipinski definition) is 0. The maximum absolute atomic E-state index is 12.9. The van der Waals surface area contributed by atoms with Gasteiger partial charge in [0.25, 0.3) is 7.82 Å². The monoisotopic (exact) mass is 1220 g/mol. The zero-order valence-electron chi connectivity index (χ0n) is 56.5. The van der Waals surface area contributed by atoms with E-state index in [1.54, 1.807) is 0 Å². The minimum Gasteiger partial charge on any atom is -0.756 e. The molecule has 0 fully saturated rings. The molecule has 9 nitrogen and oxygen atoms in total. The summed E-state index contributed by atoms with van der Waals surface area (Å²) in [7, 11) is 1.17. The fourth-order valence-electron chi connectivity index (χ4n) is 9.91. The van der Waals surface area contributed by atoms with Crippen LogP contribution in [0.3, 0.4) is 0 Å². The largest absolute Gasteiger partial charge is 0.756 e. The van der Waals surface area contributed by atoms with Crippen molar-refractivity contribution in [3.8, 4) is 0 Å². The van der Waals surface area contributed by atoms with Crippen LogP contribution in [0.15, 0.2) is 109 Å². The molecule has 0 spiro atoms. The van der Waals surface area contributed by atoms with E-state index in [1.165, 1.54) is 180 Å². The first kappa shape index (κ1) is 82.7. The Morgan fingerprint density at radius 3 is 0.930 bits per heavy atom. The molecule has 0 amide bonds. The van der Waals surface area contributed by atoms with Gasteiger partial charge in [0.1, 0.15) is 19.8 Å². The van der Waals surface area contributed by atoms with Crippen LogP contribution in [0, 0.1) is 0 Å². The number of carbonyl (C=O) groups excluding carboxylic acids is 2. The zero-order chi connectivity index (χ0) is 62.6. The number of likely N-dealkylation sites (N-methyl/N-ethyl adjacent to an activating group) is 1. The lowest BCUT2D eigenvalue weighted by Gasteiger charge is -2.28. The number of phosphoric acid groups is 1. The molecule has 86 heavy (non-hydrogen) atoms. The quantitative estimate of drug-likeness (QED) is 0.0195. The number of allylic oxidation sites excluding steroid dienone is 18. The standard InChI is InChI=1S/C76H134NO8P/c1-6-8-10-12-14-16-18-20-22-24-26-28-30-32-34-36-37-38-39-41-42-44-46-48-50-52-54-56-58-60-62-64-66-68-75(78)82-72-74(73-84-86(80,81)83-71-70-77(3,4)5)85-76(79)69-67-65-63-61-59-57-55-53-51-49-47-45-43-40-35-33-31-29-27-25-23-21-19-17-15-13-11-9-7-2/h8-11,14-17,20-23,26-29,33,35,74H,6-7,12-13,18-19,24-25,30-32,34,36-73H2,1-5H3/b10-8-,11-9-,16-14-,17-15-,22-20-,23-21-,28-26-,29-27-,35-33-. The van der Waals surface area contributed by atoms with Crippen LogP contribution in [0.1, 0.15) is 309 Å². The molecule has 0 aromatic carbocycles. The van der Waals surface area contributed by atoms with E-state index in [9.17, 15) is 19.0 Å². The molecule has 496 valence electrons. The molecule has 0 heterocycles. The summed E-state index contributed by atoms with van der Waals surface area (Å²) < 4.78 is 34.3. The molecule has 2 atom stereocenters. The third-order valence-corrected chi connectivity index (χ3v) is 16.3. The van der Waals surface area contributed by atoms with Gasteiger partial charge < -0.3 is 27.9 Å². The number of ether oxygens (including phenoxy) is 2. The zero-order valence-corrected chi connectivity index (χ0v) is 57.4. The van der Waals surface area contributed by atoms with Crippen molar-refractivity contribution in [2.75, 3.05) is 47.5 Å².